The molecular weight excluding hydrogens is 286 g/mol. The third-order valence-electron chi connectivity index (χ3n) is 3.23. The van der Waals surface area contributed by atoms with Crippen LogP contribution in [-0.4, -0.2) is 24.4 Å². The topological polar surface area (TPSA) is 89.8 Å². The lowest BCUT2D eigenvalue weighted by atomic mass is 10.1. The predicted molar refractivity (Wildman–Crippen MR) is 80.6 cm³/mol. The first-order valence-electron chi connectivity index (χ1n) is 6.85. The number of hydrogen-bond donors (Lipinski definition) is 2. The average Bonchev–Trinajstić information content (AvgIpc) is 2.93. The number of benzene rings is 1. The fraction of sp³-hybridized carbons (Fsp3) is 0.267. The van der Waals surface area contributed by atoms with E-state index in [1.54, 1.807) is 31.4 Å². The summed E-state index contributed by atoms with van der Waals surface area (Å²) in [6.45, 7) is 2.48. The molecule has 1 unspecified atom stereocenters. The van der Waals surface area contributed by atoms with E-state index < -0.39 is 4.92 Å². The van der Waals surface area contributed by atoms with E-state index in [4.69, 9.17) is 4.42 Å². The highest BCUT2D eigenvalue weighted by Gasteiger charge is 2.19. The second-order valence-corrected chi connectivity index (χ2v) is 5.16. The van der Waals surface area contributed by atoms with Crippen molar-refractivity contribution in [3.8, 4) is 0 Å². The number of likely N-dealkylation sites (N-methyl/N-ethyl adjacent to an activating group) is 1. The molecule has 1 aromatic carbocycles. The smallest absolute Gasteiger partial charge is 0.293 e. The van der Waals surface area contributed by atoms with Crippen LogP contribution in [0.2, 0.25) is 0 Å². The number of furan rings is 1. The number of para-hydroxylation sites is 1. The molecule has 22 heavy (non-hydrogen) atoms. The zero-order valence-corrected chi connectivity index (χ0v) is 12.5. The van der Waals surface area contributed by atoms with Crippen molar-refractivity contribution in [1.29, 1.82) is 0 Å². The summed E-state index contributed by atoms with van der Waals surface area (Å²) >= 11 is 0. The van der Waals surface area contributed by atoms with Crippen LogP contribution < -0.4 is 10.2 Å². The normalized spacial score (nSPS) is 11.9. The molecule has 0 bridgehead atoms. The van der Waals surface area contributed by atoms with Gasteiger partial charge in [0.2, 0.25) is 0 Å². The first-order valence-corrected chi connectivity index (χ1v) is 6.85. The van der Waals surface area contributed by atoms with Gasteiger partial charge < -0.3 is 14.6 Å². The third-order valence-corrected chi connectivity index (χ3v) is 3.23. The molecule has 0 radical (unpaired) electrons. The Bertz CT molecular complexity index is 667. The van der Waals surface area contributed by atoms with E-state index in [0.29, 0.717) is 12.1 Å². The van der Waals surface area contributed by atoms with Crippen LogP contribution in [0.1, 0.15) is 11.3 Å². The van der Waals surface area contributed by atoms with Gasteiger partial charge in [-0.3, -0.25) is 14.9 Å². The summed E-state index contributed by atoms with van der Waals surface area (Å²) in [4.78, 5) is 23.5. The maximum atomic E-state index is 12.1. The predicted octanol–water partition coefficient (Wildman–Crippen LogP) is 1.15. The summed E-state index contributed by atoms with van der Waals surface area (Å²) in [6.07, 6.45) is 1.58. The van der Waals surface area contributed by atoms with Gasteiger partial charge in [0.15, 0.2) is 12.3 Å². The fourth-order valence-electron chi connectivity index (χ4n) is 2.20. The number of amides is 1. The van der Waals surface area contributed by atoms with Crippen LogP contribution in [0.5, 0.6) is 0 Å². The minimum Gasteiger partial charge on any atom is -0.463 e. The monoisotopic (exact) mass is 304 g/mol. The van der Waals surface area contributed by atoms with Crippen LogP contribution in [0.15, 0.2) is 41.0 Å². The lowest BCUT2D eigenvalue weighted by molar-refractivity contribution is -0.886. The van der Waals surface area contributed by atoms with Gasteiger partial charge in [-0.25, -0.2) is 0 Å². The van der Waals surface area contributed by atoms with Gasteiger partial charge in [0.1, 0.15) is 12.2 Å². The Morgan fingerprint density at radius 1 is 1.36 bits per heavy atom. The minimum absolute atomic E-state index is 0.1000. The quantitative estimate of drug-likeness (QED) is 0.619. The molecule has 7 heteroatoms. The first-order chi connectivity index (χ1) is 10.5. The molecule has 0 saturated heterocycles. The zero-order valence-electron chi connectivity index (χ0n) is 12.5. The molecule has 0 aliphatic rings. The average molecular weight is 304 g/mol. The van der Waals surface area contributed by atoms with E-state index in [1.165, 1.54) is 6.07 Å². The Morgan fingerprint density at radius 2 is 2.14 bits per heavy atom. The molecule has 0 fully saturated rings. The van der Waals surface area contributed by atoms with E-state index in [-0.39, 0.29) is 23.8 Å². The lowest BCUT2D eigenvalue weighted by Gasteiger charge is -2.13. The Balaban J connectivity index is 2.01. The highest BCUT2D eigenvalue weighted by atomic mass is 16.6. The van der Waals surface area contributed by atoms with E-state index in [2.05, 4.69) is 5.32 Å². The van der Waals surface area contributed by atoms with Gasteiger partial charge in [0.25, 0.3) is 11.6 Å². The summed E-state index contributed by atoms with van der Waals surface area (Å²) < 4.78 is 5.23. The number of nitrogens with zero attached hydrogens (tertiary/aromatic N) is 1. The fourth-order valence-corrected chi connectivity index (χ4v) is 2.20. The van der Waals surface area contributed by atoms with Gasteiger partial charge in [0.05, 0.1) is 18.2 Å². The molecule has 1 aromatic heterocycles. The van der Waals surface area contributed by atoms with E-state index in [1.807, 2.05) is 13.1 Å². The number of carbonyl (C=O) groups excluding carboxylic acids is 1. The van der Waals surface area contributed by atoms with Gasteiger partial charge in [-0.15, -0.1) is 0 Å². The van der Waals surface area contributed by atoms with Crippen molar-refractivity contribution in [3.05, 3.63) is 58.0 Å². The van der Waals surface area contributed by atoms with Crippen molar-refractivity contribution in [2.45, 2.75) is 13.5 Å². The van der Waals surface area contributed by atoms with Crippen LogP contribution in [0, 0.1) is 17.0 Å². The Morgan fingerprint density at radius 3 is 2.77 bits per heavy atom. The molecule has 1 heterocycles. The second-order valence-electron chi connectivity index (χ2n) is 5.16. The molecule has 2 rings (SSSR count). The molecule has 7 nitrogen and oxygen atoms in total. The number of aryl methyl sites for hydroxylation is 1. The molecule has 2 aromatic rings. The van der Waals surface area contributed by atoms with Gasteiger partial charge in [0, 0.05) is 6.07 Å². The summed E-state index contributed by atoms with van der Waals surface area (Å²) in [5.41, 5.74) is 0.812. The number of rotatable bonds is 6. The van der Waals surface area contributed by atoms with Crippen LogP contribution >= 0.6 is 0 Å². The summed E-state index contributed by atoms with van der Waals surface area (Å²) in [5, 5.41) is 13.7. The maximum Gasteiger partial charge on any atom is 0.293 e. The molecule has 0 aliphatic carbocycles. The first kappa shape index (κ1) is 15.7. The Labute approximate surface area is 127 Å². The van der Waals surface area contributed by atoms with Crippen molar-refractivity contribution in [3.63, 3.8) is 0 Å². The lowest BCUT2D eigenvalue weighted by Crippen LogP contribution is -3.08. The summed E-state index contributed by atoms with van der Waals surface area (Å²) in [5.74, 6) is 0.508. The molecule has 0 spiro atoms. The van der Waals surface area contributed by atoms with E-state index >= 15 is 0 Å². The van der Waals surface area contributed by atoms with Crippen molar-refractivity contribution in [2.75, 3.05) is 18.9 Å². The molecule has 0 saturated carbocycles. The number of carbonyl (C=O) groups is 1. The van der Waals surface area contributed by atoms with Crippen molar-refractivity contribution in [1.82, 2.24) is 0 Å². The highest BCUT2D eigenvalue weighted by Crippen LogP contribution is 2.27. The zero-order chi connectivity index (χ0) is 16.1. The van der Waals surface area contributed by atoms with Crippen LogP contribution in [0.4, 0.5) is 11.4 Å². The molecule has 1 amide bonds. The summed E-state index contributed by atoms with van der Waals surface area (Å²) in [7, 11) is 1.86. The largest absolute Gasteiger partial charge is 0.463 e. The minimum atomic E-state index is -0.498. The van der Waals surface area contributed by atoms with Gasteiger partial charge >= 0.3 is 0 Å². The van der Waals surface area contributed by atoms with Crippen molar-refractivity contribution < 1.29 is 19.0 Å². The third kappa shape index (κ3) is 3.92. The number of nitro groups is 1. The number of nitrogens with one attached hydrogen (secondary N) is 2. The van der Waals surface area contributed by atoms with Gasteiger partial charge in [-0.2, -0.15) is 0 Å². The van der Waals surface area contributed by atoms with E-state index in [9.17, 15) is 14.9 Å². The van der Waals surface area contributed by atoms with E-state index in [0.717, 1.165) is 10.7 Å². The molecule has 116 valence electrons. The molecular formula is C15H18N3O4+. The van der Waals surface area contributed by atoms with Gasteiger partial charge in [-0.05, 0) is 24.6 Å². The van der Waals surface area contributed by atoms with Crippen LogP contribution in [0.25, 0.3) is 0 Å². The van der Waals surface area contributed by atoms with Crippen LogP contribution in [0.3, 0.4) is 0 Å². The molecule has 1 atom stereocenters. The maximum absolute atomic E-state index is 12.1. The highest BCUT2D eigenvalue weighted by molar-refractivity contribution is 5.94. The summed E-state index contributed by atoms with van der Waals surface area (Å²) in [6, 6.07) is 8.33. The number of anilines is 1. The number of nitro benzene ring substituents is 1. The molecule has 0 aliphatic heterocycles. The second kappa shape index (κ2) is 6.86. The SMILES string of the molecule is Cc1cccc([N+](=O)[O-])c1NC(=O)C[NH+](C)Cc1ccco1. The van der Waals surface area contributed by atoms with Gasteiger partial charge in [-0.1, -0.05) is 12.1 Å². The Kier molecular flexibility index (Phi) is 4.90. The number of quaternary nitrogens is 1. The number of hydrogen-bond acceptors (Lipinski definition) is 4. The standard InChI is InChI=1S/C15H17N3O4/c1-11-5-3-7-13(18(20)21)15(11)16-14(19)10-17(2)9-12-6-4-8-22-12/h3-8H,9-10H2,1-2H3,(H,16,19)/p+1. The molecule has 2 N–H and O–H groups in total. The van der Waals surface area contributed by atoms with Crippen molar-refractivity contribution >= 4 is 17.3 Å². The Hall–Kier alpha value is -2.67. The van der Waals surface area contributed by atoms with Crippen LogP contribution in [-0.2, 0) is 11.3 Å². The van der Waals surface area contributed by atoms with Crippen molar-refractivity contribution in [2.24, 2.45) is 0 Å².